The van der Waals surface area contributed by atoms with Crippen LogP contribution < -0.4 is 9.64 Å². The van der Waals surface area contributed by atoms with E-state index < -0.39 is 0 Å². The van der Waals surface area contributed by atoms with Crippen molar-refractivity contribution in [2.24, 2.45) is 0 Å². The van der Waals surface area contributed by atoms with Crippen LogP contribution in [0.1, 0.15) is 31.1 Å². The fourth-order valence-corrected chi connectivity index (χ4v) is 4.91. The average molecular weight is 484 g/mol. The van der Waals surface area contributed by atoms with Gasteiger partial charge in [-0.1, -0.05) is 61.6 Å². The van der Waals surface area contributed by atoms with Crippen LogP contribution in [-0.2, 0) is 0 Å². The van der Waals surface area contributed by atoms with E-state index in [4.69, 9.17) is 9.72 Å². The summed E-state index contributed by atoms with van der Waals surface area (Å²) in [6.45, 7) is 10.2. The number of ether oxygens (including phenoxy) is 1. The van der Waals surface area contributed by atoms with Crippen molar-refractivity contribution in [1.29, 1.82) is 0 Å². The van der Waals surface area contributed by atoms with Gasteiger partial charge in [-0.3, -0.25) is 9.69 Å². The number of thiazole rings is 1. The lowest BCUT2D eigenvalue weighted by atomic mass is 10.0. The number of nitrogens with zero attached hydrogens (tertiary/aromatic N) is 3. The lowest BCUT2D eigenvalue weighted by Gasteiger charge is -2.25. The molecule has 0 saturated carbocycles. The van der Waals surface area contributed by atoms with E-state index in [0.29, 0.717) is 18.7 Å². The van der Waals surface area contributed by atoms with Crippen LogP contribution in [-0.4, -0.2) is 48.6 Å². The number of anilines is 1. The van der Waals surface area contributed by atoms with Gasteiger partial charge in [-0.05, 0) is 55.1 Å². The highest BCUT2D eigenvalue weighted by atomic mass is 35.5. The first kappa shape index (κ1) is 25.0. The number of rotatable bonds is 9. The molecule has 4 rings (SSSR count). The Morgan fingerprint density at radius 1 is 0.970 bits per heavy atom. The summed E-state index contributed by atoms with van der Waals surface area (Å²) in [5, 5.41) is 2.75. The van der Waals surface area contributed by atoms with Crippen LogP contribution in [0.3, 0.4) is 0 Å². The number of aromatic nitrogens is 1. The zero-order valence-electron chi connectivity index (χ0n) is 19.3. The van der Waals surface area contributed by atoms with Crippen molar-refractivity contribution in [2.75, 3.05) is 37.7 Å². The molecular weight excluding hydrogens is 454 g/mol. The van der Waals surface area contributed by atoms with Gasteiger partial charge in [0.1, 0.15) is 5.75 Å². The van der Waals surface area contributed by atoms with Gasteiger partial charge in [0.25, 0.3) is 5.91 Å². The van der Waals surface area contributed by atoms with Crippen molar-refractivity contribution >= 4 is 55.8 Å². The third-order valence-electron chi connectivity index (χ3n) is 5.69. The zero-order chi connectivity index (χ0) is 22.5. The van der Waals surface area contributed by atoms with E-state index in [1.165, 1.54) is 11.3 Å². The highest BCUT2D eigenvalue weighted by Crippen LogP contribution is 2.33. The van der Waals surface area contributed by atoms with Gasteiger partial charge in [0.05, 0.1) is 16.8 Å². The number of carbonyl (C=O) groups excluding carboxylic acids is 1. The van der Waals surface area contributed by atoms with Crippen molar-refractivity contribution in [3.05, 3.63) is 66.2 Å². The molecule has 0 unspecified atom stereocenters. The molecule has 33 heavy (non-hydrogen) atoms. The highest BCUT2D eigenvalue weighted by Gasteiger charge is 2.23. The molecule has 0 fully saturated rings. The van der Waals surface area contributed by atoms with Crippen molar-refractivity contribution in [3.63, 3.8) is 0 Å². The van der Waals surface area contributed by atoms with Crippen LogP contribution in [0.15, 0.2) is 60.7 Å². The molecule has 0 aliphatic heterocycles. The Balaban J connectivity index is 0.00000306. The Hall–Kier alpha value is -2.67. The Kier molecular flexibility index (Phi) is 8.67. The minimum Gasteiger partial charge on any atom is -0.494 e. The normalized spacial score (nSPS) is 11.0. The van der Waals surface area contributed by atoms with Gasteiger partial charge in [0.15, 0.2) is 5.13 Å². The van der Waals surface area contributed by atoms with Crippen LogP contribution in [0.25, 0.3) is 21.0 Å². The molecule has 1 aromatic heterocycles. The first-order valence-corrected chi connectivity index (χ1v) is 12.0. The summed E-state index contributed by atoms with van der Waals surface area (Å²) >= 11 is 1.54. The van der Waals surface area contributed by atoms with E-state index in [1.807, 2.05) is 72.5 Å². The van der Waals surface area contributed by atoms with Gasteiger partial charge in [0.2, 0.25) is 0 Å². The molecule has 0 saturated heterocycles. The van der Waals surface area contributed by atoms with Crippen molar-refractivity contribution in [3.8, 4) is 5.75 Å². The quantitative estimate of drug-likeness (QED) is 0.282. The maximum absolute atomic E-state index is 13.8. The van der Waals surface area contributed by atoms with E-state index in [-0.39, 0.29) is 18.3 Å². The van der Waals surface area contributed by atoms with Gasteiger partial charge in [-0.25, -0.2) is 4.98 Å². The molecule has 1 amide bonds. The second kappa shape index (κ2) is 11.5. The Morgan fingerprint density at radius 2 is 1.73 bits per heavy atom. The van der Waals surface area contributed by atoms with Crippen molar-refractivity contribution < 1.29 is 9.53 Å². The van der Waals surface area contributed by atoms with Gasteiger partial charge in [0, 0.05) is 18.7 Å². The molecule has 174 valence electrons. The van der Waals surface area contributed by atoms with Crippen LogP contribution in [0, 0.1) is 0 Å². The molecule has 0 spiro atoms. The molecule has 4 aromatic rings. The monoisotopic (exact) mass is 483 g/mol. The largest absolute Gasteiger partial charge is 0.494 e. The summed E-state index contributed by atoms with van der Waals surface area (Å²) < 4.78 is 6.67. The second-order valence-corrected chi connectivity index (χ2v) is 8.58. The molecule has 0 bridgehead atoms. The first-order chi connectivity index (χ1) is 15.6. The summed E-state index contributed by atoms with van der Waals surface area (Å²) in [5.41, 5.74) is 1.59. The standard InChI is InChI=1S/C26H29N3O2S.ClH/c1-4-28(5-2)16-17-29(25(30)22-13-9-11-19-10-7-8-12-21(19)22)26-27-23-15-14-20(31-6-3)18-24(23)32-26;/h7-15,18H,4-6,16-17H2,1-3H3;1H. The molecule has 1 heterocycles. The SMILES string of the molecule is CCOc1ccc2nc(N(CCN(CC)CC)C(=O)c3cccc4ccccc34)sc2c1.Cl. The number of fused-ring (bicyclic) bond motifs is 2. The number of benzene rings is 3. The molecule has 0 radical (unpaired) electrons. The number of carbonyl (C=O) groups is 1. The van der Waals surface area contributed by atoms with Gasteiger partial charge < -0.3 is 9.64 Å². The Labute approximate surface area is 205 Å². The molecule has 0 aliphatic carbocycles. The van der Waals surface area contributed by atoms with E-state index >= 15 is 0 Å². The lowest BCUT2D eigenvalue weighted by Crippen LogP contribution is -2.39. The van der Waals surface area contributed by atoms with E-state index in [0.717, 1.165) is 51.5 Å². The number of hydrogen-bond acceptors (Lipinski definition) is 5. The average Bonchev–Trinajstić information content (AvgIpc) is 3.24. The van der Waals surface area contributed by atoms with Crippen molar-refractivity contribution in [2.45, 2.75) is 20.8 Å². The third kappa shape index (κ3) is 5.46. The maximum Gasteiger partial charge on any atom is 0.260 e. The fraction of sp³-hybridized carbons (Fsp3) is 0.308. The molecular formula is C26H30ClN3O2S. The number of likely N-dealkylation sites (N-methyl/N-ethyl adjacent to an activating group) is 1. The van der Waals surface area contributed by atoms with Gasteiger partial charge in [-0.15, -0.1) is 12.4 Å². The topological polar surface area (TPSA) is 45.7 Å². The zero-order valence-corrected chi connectivity index (χ0v) is 20.9. The van der Waals surface area contributed by atoms with Crippen LogP contribution in [0.2, 0.25) is 0 Å². The Bertz CT molecular complexity index is 1220. The second-order valence-electron chi connectivity index (χ2n) is 7.57. The molecule has 5 nitrogen and oxygen atoms in total. The van der Waals surface area contributed by atoms with E-state index in [9.17, 15) is 4.79 Å². The third-order valence-corrected chi connectivity index (χ3v) is 6.73. The fourth-order valence-electron chi connectivity index (χ4n) is 3.89. The van der Waals surface area contributed by atoms with E-state index in [2.05, 4.69) is 18.7 Å². The first-order valence-electron chi connectivity index (χ1n) is 11.2. The summed E-state index contributed by atoms with van der Waals surface area (Å²) in [5.74, 6) is 0.809. The summed E-state index contributed by atoms with van der Waals surface area (Å²) in [7, 11) is 0. The number of halogens is 1. The minimum absolute atomic E-state index is 0. The predicted molar refractivity (Wildman–Crippen MR) is 141 cm³/mol. The minimum atomic E-state index is -0.0157. The molecule has 3 aromatic carbocycles. The summed E-state index contributed by atoms with van der Waals surface area (Å²) in [6.07, 6.45) is 0. The van der Waals surface area contributed by atoms with Crippen molar-refractivity contribution in [1.82, 2.24) is 9.88 Å². The molecule has 0 aliphatic rings. The van der Waals surface area contributed by atoms with Gasteiger partial charge in [-0.2, -0.15) is 0 Å². The summed E-state index contributed by atoms with van der Waals surface area (Å²) in [6, 6.07) is 19.8. The molecule has 7 heteroatoms. The molecule has 0 N–H and O–H groups in total. The highest BCUT2D eigenvalue weighted by molar-refractivity contribution is 7.22. The Morgan fingerprint density at radius 3 is 2.48 bits per heavy atom. The maximum atomic E-state index is 13.8. The van der Waals surface area contributed by atoms with Crippen LogP contribution in [0.5, 0.6) is 5.75 Å². The van der Waals surface area contributed by atoms with Crippen LogP contribution >= 0.6 is 23.7 Å². The predicted octanol–water partition coefficient (Wildman–Crippen LogP) is 6.26. The number of hydrogen-bond donors (Lipinski definition) is 0. The summed E-state index contributed by atoms with van der Waals surface area (Å²) in [4.78, 5) is 22.8. The van der Waals surface area contributed by atoms with E-state index in [1.54, 1.807) is 0 Å². The van der Waals surface area contributed by atoms with Gasteiger partial charge >= 0.3 is 0 Å². The smallest absolute Gasteiger partial charge is 0.260 e. The lowest BCUT2D eigenvalue weighted by molar-refractivity contribution is 0.0985. The number of amides is 1. The van der Waals surface area contributed by atoms with Crippen LogP contribution in [0.4, 0.5) is 5.13 Å². The molecule has 0 atom stereocenters.